The van der Waals surface area contributed by atoms with E-state index >= 15 is 0 Å². The van der Waals surface area contributed by atoms with E-state index in [4.69, 9.17) is 11.6 Å². The van der Waals surface area contributed by atoms with E-state index in [0.29, 0.717) is 16.7 Å². The molecule has 0 bridgehead atoms. The first-order chi connectivity index (χ1) is 14.7. The van der Waals surface area contributed by atoms with Gasteiger partial charge in [-0.25, -0.2) is 5.43 Å². The summed E-state index contributed by atoms with van der Waals surface area (Å²) in [7, 11) is 0. The number of thioether (sulfide) groups is 1. The van der Waals surface area contributed by atoms with Crippen LogP contribution in [0.4, 0.5) is 0 Å². The first kappa shape index (κ1) is 20.2. The van der Waals surface area contributed by atoms with E-state index < -0.39 is 0 Å². The summed E-state index contributed by atoms with van der Waals surface area (Å²) in [4.78, 5) is 15.4. The Kier molecular flexibility index (Phi) is 6.15. The number of para-hydroxylation sites is 1. The van der Waals surface area contributed by atoms with Crippen molar-refractivity contribution in [2.24, 2.45) is 5.10 Å². The number of fused-ring (bicyclic) bond motifs is 1. The van der Waals surface area contributed by atoms with Gasteiger partial charge in [0, 0.05) is 39.8 Å². The van der Waals surface area contributed by atoms with E-state index in [0.717, 1.165) is 27.9 Å². The molecule has 0 aliphatic rings. The first-order valence-electron chi connectivity index (χ1n) is 9.35. The molecule has 0 spiro atoms. The molecule has 0 aliphatic carbocycles. The lowest BCUT2D eigenvalue weighted by Crippen LogP contribution is -2.20. The number of aromatic amines is 1. The summed E-state index contributed by atoms with van der Waals surface area (Å²) in [6, 6.07) is 15.4. The zero-order valence-corrected chi connectivity index (χ0v) is 17.7. The minimum absolute atomic E-state index is 0.184. The predicted octanol–water partition coefficient (Wildman–Crippen LogP) is 4.34. The normalized spacial score (nSPS) is 11.4. The zero-order chi connectivity index (χ0) is 20.9. The molecule has 7 nitrogen and oxygen atoms in total. The molecule has 2 aromatic heterocycles. The Morgan fingerprint density at radius 3 is 2.83 bits per heavy atom. The summed E-state index contributed by atoms with van der Waals surface area (Å²) in [5.41, 5.74) is 5.42. The quantitative estimate of drug-likeness (QED) is 0.255. The number of halogens is 1. The van der Waals surface area contributed by atoms with Gasteiger partial charge >= 0.3 is 0 Å². The van der Waals surface area contributed by atoms with Crippen LogP contribution in [0.25, 0.3) is 22.3 Å². The maximum absolute atomic E-state index is 12.2. The third-order valence-corrected chi connectivity index (χ3v) is 5.70. The molecule has 9 heteroatoms. The second-order valence-electron chi connectivity index (χ2n) is 6.43. The number of H-pyrrole nitrogens is 1. The van der Waals surface area contributed by atoms with Gasteiger partial charge < -0.3 is 9.55 Å². The summed E-state index contributed by atoms with van der Waals surface area (Å²) in [5, 5.41) is 15.0. The van der Waals surface area contributed by atoms with Crippen LogP contribution in [0.3, 0.4) is 0 Å². The fraction of sp³-hybridized carbons (Fsp3) is 0.143. The van der Waals surface area contributed by atoms with Gasteiger partial charge in [0.25, 0.3) is 5.91 Å². The van der Waals surface area contributed by atoms with Gasteiger partial charge in [-0.2, -0.15) is 5.10 Å². The molecule has 0 unspecified atom stereocenters. The van der Waals surface area contributed by atoms with Crippen molar-refractivity contribution >= 4 is 46.4 Å². The number of amides is 1. The Morgan fingerprint density at radius 2 is 2.03 bits per heavy atom. The summed E-state index contributed by atoms with van der Waals surface area (Å²) in [6.45, 7) is 2.70. The maximum Gasteiger partial charge on any atom is 0.250 e. The molecule has 0 fully saturated rings. The molecule has 0 saturated carbocycles. The van der Waals surface area contributed by atoms with Crippen molar-refractivity contribution in [3.63, 3.8) is 0 Å². The molecule has 4 aromatic rings. The number of hydrogen-bond donors (Lipinski definition) is 2. The van der Waals surface area contributed by atoms with E-state index in [1.54, 1.807) is 6.21 Å². The number of benzene rings is 2. The van der Waals surface area contributed by atoms with E-state index in [2.05, 4.69) is 25.7 Å². The number of hydrogen-bond acceptors (Lipinski definition) is 5. The van der Waals surface area contributed by atoms with Gasteiger partial charge in [0.15, 0.2) is 11.0 Å². The number of rotatable bonds is 7. The van der Waals surface area contributed by atoms with Gasteiger partial charge in [0.1, 0.15) is 0 Å². The van der Waals surface area contributed by atoms with Crippen molar-refractivity contribution in [3.05, 3.63) is 65.3 Å². The lowest BCUT2D eigenvalue weighted by atomic mass is 10.2. The highest BCUT2D eigenvalue weighted by Crippen LogP contribution is 2.25. The van der Waals surface area contributed by atoms with Crippen LogP contribution in [0.1, 0.15) is 12.5 Å². The molecule has 4 rings (SSSR count). The summed E-state index contributed by atoms with van der Waals surface area (Å²) >= 11 is 7.28. The highest BCUT2D eigenvalue weighted by atomic mass is 35.5. The fourth-order valence-electron chi connectivity index (χ4n) is 3.03. The Hall–Kier alpha value is -3.10. The molecule has 2 N–H and O–H groups in total. The molecule has 0 radical (unpaired) electrons. The van der Waals surface area contributed by atoms with Crippen LogP contribution in [-0.2, 0) is 11.3 Å². The van der Waals surface area contributed by atoms with E-state index in [1.165, 1.54) is 11.8 Å². The van der Waals surface area contributed by atoms with Gasteiger partial charge in [0.2, 0.25) is 0 Å². The van der Waals surface area contributed by atoms with Gasteiger partial charge in [-0.05, 0) is 37.3 Å². The minimum atomic E-state index is -0.213. The number of nitrogens with zero attached hydrogens (tertiary/aromatic N) is 4. The molecule has 1 amide bonds. The standard InChI is InChI=1S/C21H19ClN6OS/c1-2-28-20(14-7-9-16(22)10-8-14)26-27-21(28)30-13-19(29)25-24-12-15-11-23-18-6-4-3-5-17(15)18/h3-12,23H,2,13H2,1H3,(H,25,29). The van der Waals surface area contributed by atoms with Crippen molar-refractivity contribution < 1.29 is 4.79 Å². The third kappa shape index (κ3) is 4.39. The van der Waals surface area contributed by atoms with Crippen molar-refractivity contribution in [1.82, 2.24) is 25.2 Å². The molecule has 152 valence electrons. The first-order valence-corrected chi connectivity index (χ1v) is 10.7. The molecule has 0 aliphatic heterocycles. The van der Waals surface area contributed by atoms with Gasteiger partial charge in [-0.1, -0.05) is 41.6 Å². The Labute approximate surface area is 182 Å². The molecule has 0 saturated heterocycles. The molecule has 2 heterocycles. The van der Waals surface area contributed by atoms with Crippen LogP contribution in [0.15, 0.2) is 65.0 Å². The summed E-state index contributed by atoms with van der Waals surface area (Å²) in [6.07, 6.45) is 3.49. The topological polar surface area (TPSA) is 88.0 Å². The number of carbonyl (C=O) groups excluding carboxylic acids is 1. The van der Waals surface area contributed by atoms with Gasteiger partial charge in [-0.3, -0.25) is 4.79 Å². The fourth-order valence-corrected chi connectivity index (χ4v) is 3.95. The molecular weight excluding hydrogens is 420 g/mol. The monoisotopic (exact) mass is 438 g/mol. The Morgan fingerprint density at radius 1 is 1.23 bits per heavy atom. The number of aromatic nitrogens is 4. The van der Waals surface area contributed by atoms with Crippen LogP contribution >= 0.6 is 23.4 Å². The maximum atomic E-state index is 12.2. The van der Waals surface area contributed by atoms with Gasteiger partial charge in [0.05, 0.1) is 12.0 Å². The Balaban J connectivity index is 1.37. The van der Waals surface area contributed by atoms with Crippen LogP contribution in [-0.4, -0.2) is 37.6 Å². The second-order valence-corrected chi connectivity index (χ2v) is 7.81. The average Bonchev–Trinajstić information content (AvgIpc) is 3.37. The Bertz CT molecular complexity index is 1200. The lowest BCUT2D eigenvalue weighted by Gasteiger charge is -2.07. The van der Waals surface area contributed by atoms with Crippen molar-refractivity contribution in [1.29, 1.82) is 0 Å². The SMILES string of the molecule is CCn1c(SCC(=O)NN=Cc2c[nH]c3ccccc23)nnc1-c1ccc(Cl)cc1. The van der Waals surface area contributed by atoms with E-state index in [1.807, 2.05) is 66.2 Å². The second kappa shape index (κ2) is 9.15. The number of carbonyl (C=O) groups is 1. The van der Waals surface area contributed by atoms with E-state index in [9.17, 15) is 4.79 Å². The molecule has 30 heavy (non-hydrogen) atoms. The predicted molar refractivity (Wildman–Crippen MR) is 121 cm³/mol. The molecular formula is C21H19ClN6OS. The number of nitrogens with one attached hydrogen (secondary N) is 2. The van der Waals surface area contributed by atoms with Crippen molar-refractivity contribution in [2.45, 2.75) is 18.6 Å². The van der Waals surface area contributed by atoms with E-state index in [-0.39, 0.29) is 11.7 Å². The third-order valence-electron chi connectivity index (χ3n) is 4.48. The molecule has 0 atom stereocenters. The molecule has 2 aromatic carbocycles. The minimum Gasteiger partial charge on any atom is -0.361 e. The smallest absolute Gasteiger partial charge is 0.250 e. The van der Waals surface area contributed by atoms with Gasteiger partial charge in [-0.15, -0.1) is 10.2 Å². The average molecular weight is 439 g/mol. The summed E-state index contributed by atoms with van der Waals surface area (Å²) in [5.74, 6) is 0.716. The highest BCUT2D eigenvalue weighted by Gasteiger charge is 2.14. The lowest BCUT2D eigenvalue weighted by molar-refractivity contribution is -0.118. The summed E-state index contributed by atoms with van der Waals surface area (Å²) < 4.78 is 1.97. The van der Waals surface area contributed by atoms with Crippen LogP contribution in [0.2, 0.25) is 5.02 Å². The zero-order valence-electron chi connectivity index (χ0n) is 16.2. The van der Waals surface area contributed by atoms with Crippen molar-refractivity contribution in [3.8, 4) is 11.4 Å². The largest absolute Gasteiger partial charge is 0.361 e. The van der Waals surface area contributed by atoms with Crippen LogP contribution in [0.5, 0.6) is 0 Å². The highest BCUT2D eigenvalue weighted by molar-refractivity contribution is 7.99. The van der Waals surface area contributed by atoms with Crippen LogP contribution in [0, 0.1) is 0 Å². The number of hydrazone groups is 1. The van der Waals surface area contributed by atoms with Crippen molar-refractivity contribution in [2.75, 3.05) is 5.75 Å². The van der Waals surface area contributed by atoms with Crippen LogP contribution < -0.4 is 5.43 Å².